The highest BCUT2D eigenvalue weighted by molar-refractivity contribution is 5.80. The zero-order valence-electron chi connectivity index (χ0n) is 8.20. The Morgan fingerprint density at radius 1 is 0.800 bits per heavy atom. The Bertz CT molecular complexity index is 513. The van der Waals surface area contributed by atoms with Crippen molar-refractivity contribution in [3.8, 4) is 17.0 Å². The molecule has 0 aromatic heterocycles. The van der Waals surface area contributed by atoms with Crippen LogP contribution in [-0.4, -0.2) is 0 Å². The van der Waals surface area contributed by atoms with Crippen LogP contribution < -0.4 is 0 Å². The lowest BCUT2D eigenvalue weighted by Gasteiger charge is -2.03. The summed E-state index contributed by atoms with van der Waals surface area (Å²) in [5.41, 5.74) is 4.90. The summed E-state index contributed by atoms with van der Waals surface area (Å²) >= 11 is 0. The molecule has 69 valence electrons. The van der Waals surface area contributed by atoms with Gasteiger partial charge in [-0.3, -0.25) is 0 Å². The molecule has 0 N–H and O–H groups in total. The Balaban J connectivity index is 2.37. The van der Waals surface area contributed by atoms with E-state index < -0.39 is 0 Å². The first kappa shape index (κ1) is 8.32. The molecule has 0 nitrogen and oxygen atoms in total. The molecule has 0 amide bonds. The average Bonchev–Trinajstić information content (AvgIpc) is 2.63. The van der Waals surface area contributed by atoms with Gasteiger partial charge < -0.3 is 0 Å². The first-order valence-electron chi connectivity index (χ1n) is 5.02. The molecule has 1 aliphatic rings. The average molecular weight is 189 g/mol. The van der Waals surface area contributed by atoms with Crippen LogP contribution in [0.25, 0.3) is 11.1 Å². The highest BCUT2D eigenvalue weighted by Gasteiger charge is 2.25. The van der Waals surface area contributed by atoms with Gasteiger partial charge in [0, 0.05) is 0 Å². The highest BCUT2D eigenvalue weighted by Crippen LogP contribution is 2.43. The molecule has 1 aliphatic carbocycles. The molecule has 15 heavy (non-hydrogen) atoms. The van der Waals surface area contributed by atoms with E-state index in [0.29, 0.717) is 0 Å². The van der Waals surface area contributed by atoms with Crippen LogP contribution in [0.5, 0.6) is 0 Å². The van der Waals surface area contributed by atoms with Crippen molar-refractivity contribution in [2.24, 2.45) is 0 Å². The first-order valence-corrected chi connectivity index (χ1v) is 5.02. The summed E-state index contributed by atoms with van der Waals surface area (Å²) in [6, 6.07) is 16.5. The fraction of sp³-hybridized carbons (Fsp3) is 0.0667. The lowest BCUT2D eigenvalue weighted by atomic mass is 9.98. The van der Waals surface area contributed by atoms with E-state index in [4.69, 9.17) is 6.42 Å². The summed E-state index contributed by atoms with van der Waals surface area (Å²) in [6.45, 7) is 0. The SMILES string of the molecule is [C]#CC1c2ccccc2-c2ccccc21. The van der Waals surface area contributed by atoms with E-state index in [0.717, 1.165) is 0 Å². The van der Waals surface area contributed by atoms with Gasteiger partial charge in [0.15, 0.2) is 0 Å². The van der Waals surface area contributed by atoms with Crippen LogP contribution in [0.1, 0.15) is 17.0 Å². The van der Waals surface area contributed by atoms with E-state index in [1.54, 1.807) is 0 Å². The quantitative estimate of drug-likeness (QED) is 0.557. The molecule has 0 heteroatoms. The van der Waals surface area contributed by atoms with Crippen molar-refractivity contribution in [1.29, 1.82) is 0 Å². The number of rotatable bonds is 0. The lowest BCUT2D eigenvalue weighted by Crippen LogP contribution is -1.90. The van der Waals surface area contributed by atoms with Crippen LogP contribution >= 0.6 is 0 Å². The van der Waals surface area contributed by atoms with Gasteiger partial charge in [-0.05, 0) is 28.7 Å². The molecule has 3 rings (SSSR count). The van der Waals surface area contributed by atoms with Crippen molar-refractivity contribution in [1.82, 2.24) is 0 Å². The Morgan fingerprint density at radius 2 is 1.27 bits per heavy atom. The first-order chi connectivity index (χ1) is 7.42. The lowest BCUT2D eigenvalue weighted by molar-refractivity contribution is 1.11. The van der Waals surface area contributed by atoms with Gasteiger partial charge in [0.1, 0.15) is 0 Å². The Kier molecular flexibility index (Phi) is 1.66. The molecular weight excluding hydrogens is 180 g/mol. The van der Waals surface area contributed by atoms with Gasteiger partial charge in [0.05, 0.1) is 5.92 Å². The van der Waals surface area contributed by atoms with E-state index in [-0.39, 0.29) is 5.92 Å². The third-order valence-electron chi connectivity index (χ3n) is 2.98. The minimum Gasteiger partial charge on any atom is -0.0760 e. The molecule has 0 saturated heterocycles. The monoisotopic (exact) mass is 189 g/mol. The second-order valence-electron chi connectivity index (χ2n) is 3.75. The topological polar surface area (TPSA) is 0 Å². The zero-order chi connectivity index (χ0) is 10.3. The van der Waals surface area contributed by atoms with Crippen molar-refractivity contribution in [3.63, 3.8) is 0 Å². The third kappa shape index (κ3) is 1.04. The van der Waals surface area contributed by atoms with Gasteiger partial charge in [0.2, 0.25) is 0 Å². The van der Waals surface area contributed by atoms with Crippen molar-refractivity contribution in [3.05, 3.63) is 66.1 Å². The molecule has 0 aliphatic heterocycles. The molecule has 0 fully saturated rings. The summed E-state index contributed by atoms with van der Waals surface area (Å²) in [4.78, 5) is 0. The fourth-order valence-electron chi connectivity index (χ4n) is 2.31. The molecule has 2 aromatic rings. The van der Waals surface area contributed by atoms with Gasteiger partial charge in [-0.2, -0.15) is 0 Å². The number of benzene rings is 2. The van der Waals surface area contributed by atoms with Crippen LogP contribution in [-0.2, 0) is 0 Å². The molecule has 0 atom stereocenters. The predicted molar refractivity (Wildman–Crippen MR) is 60.9 cm³/mol. The summed E-state index contributed by atoms with van der Waals surface area (Å²) in [5, 5.41) is 0. The number of hydrogen-bond donors (Lipinski definition) is 0. The normalized spacial score (nSPS) is 13.0. The zero-order valence-corrected chi connectivity index (χ0v) is 8.20. The van der Waals surface area contributed by atoms with Crippen molar-refractivity contribution < 1.29 is 0 Å². The fourth-order valence-corrected chi connectivity index (χ4v) is 2.31. The molecule has 0 unspecified atom stereocenters. The Labute approximate surface area is 89.6 Å². The van der Waals surface area contributed by atoms with Crippen molar-refractivity contribution >= 4 is 0 Å². The molecule has 2 aromatic carbocycles. The molecule has 0 bridgehead atoms. The maximum Gasteiger partial charge on any atom is 0.0724 e. The van der Waals surface area contributed by atoms with Gasteiger partial charge in [-0.1, -0.05) is 54.5 Å². The minimum atomic E-state index is 0.0254. The second-order valence-corrected chi connectivity index (χ2v) is 3.75. The molecular formula is C15H9. The van der Waals surface area contributed by atoms with Crippen LogP contribution in [0, 0.1) is 12.3 Å². The Hall–Kier alpha value is -2.00. The smallest absolute Gasteiger partial charge is 0.0724 e. The van der Waals surface area contributed by atoms with Crippen LogP contribution in [0.4, 0.5) is 0 Å². The molecule has 0 saturated carbocycles. The minimum absolute atomic E-state index is 0.0254. The maximum atomic E-state index is 7.41. The third-order valence-corrected chi connectivity index (χ3v) is 2.98. The number of fused-ring (bicyclic) bond motifs is 3. The highest BCUT2D eigenvalue weighted by atomic mass is 14.3. The standard InChI is InChI=1S/C15H9/c1-2-11-12-7-3-5-9-14(12)15-10-6-4-8-13(11)15/h3-11H. The van der Waals surface area contributed by atoms with E-state index in [1.165, 1.54) is 22.3 Å². The van der Waals surface area contributed by atoms with E-state index in [1.807, 2.05) is 24.3 Å². The van der Waals surface area contributed by atoms with E-state index in [9.17, 15) is 0 Å². The molecule has 0 heterocycles. The van der Waals surface area contributed by atoms with Gasteiger partial charge in [-0.15, -0.1) is 0 Å². The Morgan fingerprint density at radius 3 is 1.73 bits per heavy atom. The van der Waals surface area contributed by atoms with Gasteiger partial charge >= 0.3 is 0 Å². The van der Waals surface area contributed by atoms with Gasteiger partial charge in [-0.25, -0.2) is 0 Å². The molecule has 1 radical (unpaired) electrons. The summed E-state index contributed by atoms with van der Waals surface area (Å²) in [6.07, 6.45) is 7.41. The van der Waals surface area contributed by atoms with Gasteiger partial charge in [0.25, 0.3) is 0 Å². The van der Waals surface area contributed by atoms with Crippen LogP contribution in [0.15, 0.2) is 48.5 Å². The maximum absolute atomic E-state index is 7.41. The largest absolute Gasteiger partial charge is 0.0760 e. The molecule has 0 spiro atoms. The van der Waals surface area contributed by atoms with Crippen molar-refractivity contribution in [2.75, 3.05) is 0 Å². The summed E-state index contributed by atoms with van der Waals surface area (Å²) in [7, 11) is 0. The number of hydrogen-bond acceptors (Lipinski definition) is 0. The summed E-state index contributed by atoms with van der Waals surface area (Å²) in [5.74, 6) is 2.65. The van der Waals surface area contributed by atoms with E-state index in [2.05, 4.69) is 30.2 Å². The predicted octanol–water partition coefficient (Wildman–Crippen LogP) is 3.39. The van der Waals surface area contributed by atoms with Crippen LogP contribution in [0.2, 0.25) is 0 Å². The van der Waals surface area contributed by atoms with E-state index >= 15 is 0 Å². The van der Waals surface area contributed by atoms with Crippen LogP contribution in [0.3, 0.4) is 0 Å². The van der Waals surface area contributed by atoms with Crippen molar-refractivity contribution in [2.45, 2.75) is 5.92 Å². The summed E-state index contributed by atoms with van der Waals surface area (Å²) < 4.78 is 0. The second kappa shape index (κ2) is 3.00.